The Hall–Kier alpha value is -1.94. The van der Waals surface area contributed by atoms with Gasteiger partial charge in [0.05, 0.1) is 6.61 Å². The minimum absolute atomic E-state index is 0.143. The van der Waals surface area contributed by atoms with E-state index in [-0.39, 0.29) is 5.41 Å². The number of ether oxygens (including phenoxy) is 1. The first-order chi connectivity index (χ1) is 14.7. The number of rotatable bonds is 10. The maximum absolute atomic E-state index is 10.8. The molecule has 0 aliphatic carbocycles. The van der Waals surface area contributed by atoms with Crippen molar-refractivity contribution in [3.63, 3.8) is 0 Å². The van der Waals surface area contributed by atoms with Gasteiger partial charge in [-0.1, -0.05) is 58.3 Å². The highest BCUT2D eigenvalue weighted by Crippen LogP contribution is 2.44. The highest BCUT2D eigenvalue weighted by molar-refractivity contribution is 7.99. The fourth-order valence-corrected chi connectivity index (χ4v) is 5.05. The van der Waals surface area contributed by atoms with E-state index in [1.54, 1.807) is 6.92 Å². The van der Waals surface area contributed by atoms with Crippen LogP contribution in [0.15, 0.2) is 46.9 Å². The lowest BCUT2D eigenvalue weighted by atomic mass is 9.79. The molecule has 4 heteroatoms. The highest BCUT2D eigenvalue weighted by atomic mass is 32.2. The van der Waals surface area contributed by atoms with Crippen molar-refractivity contribution >= 4 is 23.3 Å². The highest BCUT2D eigenvalue weighted by Gasteiger charge is 2.28. The van der Waals surface area contributed by atoms with Crippen molar-refractivity contribution in [1.82, 2.24) is 0 Å². The fraction of sp³-hybridized carbons (Fsp3) is 0.519. The second-order valence-corrected chi connectivity index (χ2v) is 10.2. The molecule has 1 aromatic carbocycles. The van der Waals surface area contributed by atoms with Gasteiger partial charge in [0.15, 0.2) is 0 Å². The minimum Gasteiger partial charge on any atom is -0.493 e. The number of hydrogen-bond donors (Lipinski definition) is 1. The first-order valence-corrected chi connectivity index (χ1v) is 12.4. The molecule has 1 aliphatic heterocycles. The monoisotopic (exact) mass is 442 g/mol. The third-order valence-electron chi connectivity index (χ3n) is 5.75. The number of carboxylic acid groups (broad SMARTS) is 1. The lowest BCUT2D eigenvalue weighted by Crippen LogP contribution is -2.17. The lowest BCUT2D eigenvalue weighted by Gasteiger charge is -2.27. The van der Waals surface area contributed by atoms with E-state index in [1.165, 1.54) is 48.6 Å². The van der Waals surface area contributed by atoms with Crippen molar-refractivity contribution in [3.8, 4) is 5.75 Å². The Labute approximate surface area is 192 Å². The van der Waals surface area contributed by atoms with Gasteiger partial charge in [-0.15, -0.1) is 11.8 Å². The fourth-order valence-electron chi connectivity index (χ4n) is 3.86. The summed E-state index contributed by atoms with van der Waals surface area (Å²) >= 11 is 1.94. The van der Waals surface area contributed by atoms with E-state index in [0.29, 0.717) is 5.57 Å². The molecule has 0 fully saturated rings. The summed E-state index contributed by atoms with van der Waals surface area (Å²) in [7, 11) is 0. The van der Waals surface area contributed by atoms with Crippen LogP contribution in [0.25, 0.3) is 5.57 Å². The average Bonchev–Trinajstić information content (AvgIpc) is 2.84. The van der Waals surface area contributed by atoms with E-state index in [0.717, 1.165) is 35.7 Å². The van der Waals surface area contributed by atoms with Crippen molar-refractivity contribution in [2.75, 3.05) is 12.4 Å². The van der Waals surface area contributed by atoms with Gasteiger partial charge in [-0.05, 0) is 73.1 Å². The van der Waals surface area contributed by atoms with Gasteiger partial charge < -0.3 is 9.84 Å². The Morgan fingerprint density at radius 2 is 2.00 bits per heavy atom. The largest absolute Gasteiger partial charge is 0.493 e. The molecule has 0 saturated heterocycles. The van der Waals surface area contributed by atoms with Crippen LogP contribution in [0.1, 0.15) is 84.3 Å². The van der Waals surface area contributed by atoms with Crippen LogP contribution in [-0.2, 0) is 10.2 Å². The molecule has 0 radical (unpaired) electrons. The van der Waals surface area contributed by atoms with Crippen LogP contribution in [0.5, 0.6) is 5.75 Å². The molecule has 170 valence electrons. The molecule has 0 bridgehead atoms. The van der Waals surface area contributed by atoms with Crippen LogP contribution in [0.3, 0.4) is 0 Å². The van der Waals surface area contributed by atoms with Crippen LogP contribution in [0, 0.1) is 0 Å². The Morgan fingerprint density at radius 1 is 1.23 bits per heavy atom. The van der Waals surface area contributed by atoms with Gasteiger partial charge in [0.25, 0.3) is 0 Å². The Bertz CT molecular complexity index is 846. The van der Waals surface area contributed by atoms with Crippen molar-refractivity contribution in [2.45, 2.75) is 83.5 Å². The summed E-state index contributed by atoms with van der Waals surface area (Å²) in [4.78, 5) is 12.2. The second-order valence-electron chi connectivity index (χ2n) is 9.02. The van der Waals surface area contributed by atoms with E-state index in [4.69, 9.17) is 9.84 Å². The molecular weight excluding hydrogens is 404 g/mol. The molecule has 0 unspecified atom stereocenters. The standard InChI is InChI=1S/C27H38O3S/c1-6-7-8-9-15-30-24-19-25-23(27(4,5)14-11-16-31-25)18-22(24)21(3)13-10-12-20(2)17-26(28)29/h10,12-13,17-19H,6-9,11,14-16H2,1-5H3,(H,28,29). The molecule has 0 atom stereocenters. The zero-order chi connectivity index (χ0) is 22.9. The van der Waals surface area contributed by atoms with Crippen LogP contribution in [0.4, 0.5) is 0 Å². The number of benzene rings is 1. The molecular formula is C27H38O3S. The summed E-state index contributed by atoms with van der Waals surface area (Å²) in [5, 5.41) is 8.88. The first kappa shape index (κ1) is 25.3. The van der Waals surface area contributed by atoms with Crippen LogP contribution in [0.2, 0.25) is 0 Å². The number of carbonyl (C=O) groups is 1. The SMILES string of the molecule is CCCCCCOc1cc2c(cc1C(C)=CC=CC(C)=CC(=O)O)C(C)(C)CCCS2. The first-order valence-electron chi connectivity index (χ1n) is 11.5. The van der Waals surface area contributed by atoms with Gasteiger partial charge >= 0.3 is 5.97 Å². The summed E-state index contributed by atoms with van der Waals surface area (Å²) in [5.74, 6) is 1.19. The van der Waals surface area contributed by atoms with Crippen molar-refractivity contribution in [2.24, 2.45) is 0 Å². The maximum Gasteiger partial charge on any atom is 0.328 e. The number of fused-ring (bicyclic) bond motifs is 1. The number of unbranched alkanes of at least 4 members (excludes halogenated alkanes) is 3. The third kappa shape index (κ3) is 7.92. The molecule has 0 saturated carbocycles. The topological polar surface area (TPSA) is 46.5 Å². The number of aliphatic carboxylic acids is 1. The Balaban J connectivity index is 2.36. The van der Waals surface area contributed by atoms with Crippen molar-refractivity contribution < 1.29 is 14.6 Å². The smallest absolute Gasteiger partial charge is 0.328 e. The predicted octanol–water partition coefficient (Wildman–Crippen LogP) is 7.80. The summed E-state index contributed by atoms with van der Waals surface area (Å²) in [6.45, 7) is 11.5. The van der Waals surface area contributed by atoms with Crippen molar-refractivity contribution in [3.05, 3.63) is 53.1 Å². The minimum atomic E-state index is -0.924. The third-order valence-corrected chi connectivity index (χ3v) is 6.89. The number of carboxylic acids is 1. The molecule has 3 nitrogen and oxygen atoms in total. The molecule has 31 heavy (non-hydrogen) atoms. The van der Waals surface area contributed by atoms with E-state index in [1.807, 2.05) is 30.0 Å². The van der Waals surface area contributed by atoms with Crippen LogP contribution < -0.4 is 4.74 Å². The van der Waals surface area contributed by atoms with Gasteiger partial charge in [-0.25, -0.2) is 4.79 Å². The van der Waals surface area contributed by atoms with Crippen LogP contribution in [-0.4, -0.2) is 23.4 Å². The van der Waals surface area contributed by atoms with Crippen molar-refractivity contribution in [1.29, 1.82) is 0 Å². The zero-order valence-electron chi connectivity index (χ0n) is 19.8. The summed E-state index contributed by atoms with van der Waals surface area (Å²) in [6.07, 6.45) is 14.2. The zero-order valence-corrected chi connectivity index (χ0v) is 20.6. The quantitative estimate of drug-likeness (QED) is 0.228. The molecule has 0 amide bonds. The molecule has 1 heterocycles. The Kier molecular flexibility index (Phi) is 9.95. The van der Waals surface area contributed by atoms with Gasteiger partial charge in [-0.2, -0.15) is 0 Å². The van der Waals surface area contributed by atoms with E-state index in [2.05, 4.69) is 39.8 Å². The summed E-state index contributed by atoms with van der Waals surface area (Å²) in [5.41, 5.74) is 4.51. The number of hydrogen-bond acceptors (Lipinski definition) is 3. The Morgan fingerprint density at radius 3 is 2.71 bits per heavy atom. The average molecular weight is 443 g/mol. The molecule has 0 spiro atoms. The van der Waals surface area contributed by atoms with E-state index < -0.39 is 5.97 Å². The van der Waals surface area contributed by atoms with Gasteiger partial charge in [-0.3, -0.25) is 0 Å². The predicted molar refractivity (Wildman–Crippen MR) is 133 cm³/mol. The normalized spacial score (nSPS) is 16.8. The maximum atomic E-state index is 10.8. The summed E-state index contributed by atoms with van der Waals surface area (Å²) < 4.78 is 6.29. The molecule has 1 N–H and O–H groups in total. The molecule has 1 aromatic rings. The van der Waals surface area contributed by atoms with Gasteiger partial charge in [0.2, 0.25) is 0 Å². The van der Waals surface area contributed by atoms with E-state index in [9.17, 15) is 4.79 Å². The van der Waals surface area contributed by atoms with Gasteiger partial charge in [0.1, 0.15) is 5.75 Å². The molecule has 1 aliphatic rings. The van der Waals surface area contributed by atoms with Crippen LogP contribution >= 0.6 is 11.8 Å². The summed E-state index contributed by atoms with van der Waals surface area (Å²) in [6, 6.07) is 4.58. The number of thioether (sulfide) groups is 1. The number of allylic oxidation sites excluding steroid dienone is 5. The molecule has 0 aromatic heterocycles. The second kappa shape index (κ2) is 12.2. The lowest BCUT2D eigenvalue weighted by molar-refractivity contribution is -0.131. The van der Waals surface area contributed by atoms with Gasteiger partial charge in [0, 0.05) is 16.5 Å². The van der Waals surface area contributed by atoms with E-state index >= 15 is 0 Å². The molecule has 2 rings (SSSR count).